The molecule has 0 unspecified atom stereocenters. The van der Waals surface area contributed by atoms with E-state index in [1.807, 2.05) is 6.92 Å². The van der Waals surface area contributed by atoms with Crippen LogP contribution in [0.5, 0.6) is 0 Å². The zero-order valence-corrected chi connectivity index (χ0v) is 11.9. The molecule has 1 aromatic rings. The van der Waals surface area contributed by atoms with Crippen LogP contribution in [0.3, 0.4) is 0 Å². The van der Waals surface area contributed by atoms with Gasteiger partial charge in [-0.1, -0.05) is 27.5 Å². The fourth-order valence-corrected chi connectivity index (χ4v) is 1.76. The number of carbonyl (C=O) groups excluding carboxylic acids is 1. The SMILES string of the molecule is Cc1cc(Cl)c(NC(=O)NC[C@@H](C)O)cc1Br. The summed E-state index contributed by atoms with van der Waals surface area (Å²) in [5, 5.41) is 14.6. The van der Waals surface area contributed by atoms with Gasteiger partial charge in [0.25, 0.3) is 0 Å². The van der Waals surface area contributed by atoms with Crippen LogP contribution in [0.4, 0.5) is 10.5 Å². The first-order valence-corrected chi connectivity index (χ1v) is 6.26. The molecule has 2 amide bonds. The average molecular weight is 322 g/mol. The molecule has 0 aromatic heterocycles. The Bertz CT molecular complexity index is 424. The van der Waals surface area contributed by atoms with Gasteiger partial charge in [-0.15, -0.1) is 0 Å². The van der Waals surface area contributed by atoms with Crippen LogP contribution in [-0.4, -0.2) is 23.8 Å². The highest BCUT2D eigenvalue weighted by Crippen LogP contribution is 2.28. The second-order valence-corrected chi connectivity index (χ2v) is 5.03. The van der Waals surface area contributed by atoms with E-state index in [9.17, 15) is 4.79 Å². The number of halogens is 2. The number of anilines is 1. The van der Waals surface area contributed by atoms with Crippen LogP contribution in [0, 0.1) is 6.92 Å². The molecular weight excluding hydrogens is 307 g/mol. The van der Waals surface area contributed by atoms with Gasteiger partial charge in [-0.3, -0.25) is 0 Å². The number of hydrogen-bond acceptors (Lipinski definition) is 2. The van der Waals surface area contributed by atoms with Gasteiger partial charge in [0.1, 0.15) is 0 Å². The Morgan fingerprint density at radius 2 is 2.24 bits per heavy atom. The lowest BCUT2D eigenvalue weighted by molar-refractivity contribution is 0.190. The number of aliphatic hydroxyl groups is 1. The van der Waals surface area contributed by atoms with Gasteiger partial charge in [0.2, 0.25) is 0 Å². The van der Waals surface area contributed by atoms with Crippen LogP contribution >= 0.6 is 27.5 Å². The Labute approximate surface area is 113 Å². The summed E-state index contributed by atoms with van der Waals surface area (Å²) in [6, 6.07) is 3.10. The van der Waals surface area contributed by atoms with Crippen LogP contribution in [-0.2, 0) is 0 Å². The molecule has 1 atom stereocenters. The average Bonchev–Trinajstić information content (AvgIpc) is 2.23. The van der Waals surface area contributed by atoms with Crippen LogP contribution < -0.4 is 10.6 Å². The Kier molecular flexibility index (Phi) is 5.24. The van der Waals surface area contributed by atoms with Crippen molar-refractivity contribution in [2.24, 2.45) is 0 Å². The van der Waals surface area contributed by atoms with E-state index in [1.54, 1.807) is 19.1 Å². The van der Waals surface area contributed by atoms with Crippen molar-refractivity contribution in [1.82, 2.24) is 5.32 Å². The highest BCUT2D eigenvalue weighted by atomic mass is 79.9. The molecular formula is C11H14BrClN2O2. The lowest BCUT2D eigenvalue weighted by Gasteiger charge is -2.11. The summed E-state index contributed by atoms with van der Waals surface area (Å²) in [5.41, 5.74) is 1.51. The first kappa shape index (κ1) is 14.3. The van der Waals surface area contributed by atoms with Crippen LogP contribution in [0.15, 0.2) is 16.6 Å². The fourth-order valence-electron chi connectivity index (χ4n) is 1.15. The topological polar surface area (TPSA) is 61.4 Å². The lowest BCUT2D eigenvalue weighted by Crippen LogP contribution is -2.34. The van der Waals surface area contributed by atoms with Crippen molar-refractivity contribution in [2.45, 2.75) is 20.0 Å². The molecule has 0 spiro atoms. The summed E-state index contributed by atoms with van der Waals surface area (Å²) in [7, 11) is 0. The number of carbonyl (C=O) groups is 1. The van der Waals surface area contributed by atoms with Crippen molar-refractivity contribution in [3.05, 3.63) is 27.2 Å². The van der Waals surface area contributed by atoms with Gasteiger partial charge in [0, 0.05) is 11.0 Å². The van der Waals surface area contributed by atoms with E-state index in [0.717, 1.165) is 10.0 Å². The van der Waals surface area contributed by atoms with Crippen molar-refractivity contribution in [3.8, 4) is 0 Å². The summed E-state index contributed by atoms with van der Waals surface area (Å²) in [5.74, 6) is 0. The van der Waals surface area contributed by atoms with Gasteiger partial charge in [0.15, 0.2) is 0 Å². The minimum absolute atomic E-state index is 0.191. The molecule has 1 aromatic carbocycles. The molecule has 94 valence electrons. The highest BCUT2D eigenvalue weighted by molar-refractivity contribution is 9.10. The lowest BCUT2D eigenvalue weighted by atomic mass is 10.2. The van der Waals surface area contributed by atoms with Crippen molar-refractivity contribution < 1.29 is 9.90 Å². The molecule has 3 N–H and O–H groups in total. The monoisotopic (exact) mass is 320 g/mol. The van der Waals surface area contributed by atoms with Crippen molar-refractivity contribution >= 4 is 39.2 Å². The summed E-state index contributed by atoms with van der Waals surface area (Å²) in [6.45, 7) is 3.69. The zero-order chi connectivity index (χ0) is 13.0. The quantitative estimate of drug-likeness (QED) is 0.801. The van der Waals surface area contributed by atoms with Crippen LogP contribution in [0.25, 0.3) is 0 Å². The normalized spacial score (nSPS) is 12.1. The highest BCUT2D eigenvalue weighted by Gasteiger charge is 2.08. The summed E-state index contributed by atoms with van der Waals surface area (Å²) in [6.07, 6.45) is -0.582. The minimum atomic E-state index is -0.582. The molecule has 17 heavy (non-hydrogen) atoms. The van der Waals surface area contributed by atoms with Crippen LogP contribution in [0.2, 0.25) is 5.02 Å². The number of rotatable bonds is 3. The van der Waals surface area contributed by atoms with Gasteiger partial charge in [-0.2, -0.15) is 0 Å². The third kappa shape index (κ3) is 4.53. The number of aryl methyl sites for hydroxylation is 1. The van der Waals surface area contributed by atoms with E-state index in [4.69, 9.17) is 16.7 Å². The van der Waals surface area contributed by atoms with E-state index >= 15 is 0 Å². The maximum Gasteiger partial charge on any atom is 0.319 e. The van der Waals surface area contributed by atoms with E-state index in [-0.39, 0.29) is 6.54 Å². The molecule has 4 nitrogen and oxygen atoms in total. The Hall–Kier alpha value is -0.780. The number of aliphatic hydroxyl groups excluding tert-OH is 1. The molecule has 0 heterocycles. The standard InChI is InChI=1S/C11H14BrClN2O2/c1-6-3-9(13)10(4-8(6)12)15-11(17)14-5-7(2)16/h3-4,7,16H,5H2,1-2H3,(H2,14,15,17)/t7-/m1/s1. The molecule has 0 fully saturated rings. The molecule has 6 heteroatoms. The first-order valence-electron chi connectivity index (χ1n) is 5.08. The predicted molar refractivity (Wildman–Crippen MR) is 72.6 cm³/mol. The third-order valence-corrected chi connectivity index (χ3v) is 3.22. The van der Waals surface area contributed by atoms with Gasteiger partial charge in [-0.05, 0) is 31.5 Å². The molecule has 0 aliphatic heterocycles. The number of hydrogen-bond donors (Lipinski definition) is 3. The van der Waals surface area contributed by atoms with E-state index < -0.39 is 12.1 Å². The van der Waals surface area contributed by atoms with Crippen LogP contribution in [0.1, 0.15) is 12.5 Å². The second-order valence-electron chi connectivity index (χ2n) is 3.77. The molecule has 0 bridgehead atoms. The second kappa shape index (κ2) is 6.23. The van der Waals surface area contributed by atoms with E-state index in [2.05, 4.69) is 26.6 Å². The first-order chi connectivity index (χ1) is 7.90. The summed E-state index contributed by atoms with van der Waals surface area (Å²) in [4.78, 5) is 11.5. The number of nitrogens with one attached hydrogen (secondary N) is 2. The third-order valence-electron chi connectivity index (χ3n) is 2.05. The summed E-state index contributed by atoms with van der Waals surface area (Å²) >= 11 is 9.36. The maximum atomic E-state index is 11.5. The molecule has 0 aliphatic carbocycles. The van der Waals surface area contributed by atoms with Crippen molar-refractivity contribution in [3.63, 3.8) is 0 Å². The molecule has 0 aliphatic rings. The molecule has 0 radical (unpaired) electrons. The van der Waals surface area contributed by atoms with Gasteiger partial charge >= 0.3 is 6.03 Å². The zero-order valence-electron chi connectivity index (χ0n) is 9.55. The molecule has 1 rings (SSSR count). The van der Waals surface area contributed by atoms with Gasteiger partial charge in [0.05, 0.1) is 16.8 Å². The van der Waals surface area contributed by atoms with Crippen molar-refractivity contribution in [1.29, 1.82) is 0 Å². The van der Waals surface area contributed by atoms with Gasteiger partial charge < -0.3 is 15.7 Å². The van der Waals surface area contributed by atoms with E-state index in [0.29, 0.717) is 10.7 Å². The Morgan fingerprint density at radius 1 is 1.59 bits per heavy atom. The van der Waals surface area contributed by atoms with Crippen molar-refractivity contribution in [2.75, 3.05) is 11.9 Å². The minimum Gasteiger partial charge on any atom is -0.392 e. The number of urea groups is 1. The Morgan fingerprint density at radius 3 is 2.82 bits per heavy atom. The largest absolute Gasteiger partial charge is 0.392 e. The fraction of sp³-hybridized carbons (Fsp3) is 0.364. The summed E-state index contributed by atoms with van der Waals surface area (Å²) < 4.78 is 0.868. The molecule has 0 saturated heterocycles. The predicted octanol–water partition coefficient (Wildman–Crippen LogP) is 2.91. The van der Waals surface area contributed by atoms with Gasteiger partial charge in [-0.25, -0.2) is 4.79 Å². The number of benzene rings is 1. The number of amides is 2. The smallest absolute Gasteiger partial charge is 0.319 e. The molecule has 0 saturated carbocycles. The maximum absolute atomic E-state index is 11.5. The Balaban J connectivity index is 2.68. The van der Waals surface area contributed by atoms with E-state index in [1.165, 1.54) is 0 Å².